The third-order valence-electron chi connectivity index (χ3n) is 1.38. The second-order valence-corrected chi connectivity index (χ2v) is 4.07. The van der Waals surface area contributed by atoms with Gasteiger partial charge in [-0.3, -0.25) is 0 Å². The Bertz CT molecular complexity index is 300. The van der Waals surface area contributed by atoms with Gasteiger partial charge in [0.05, 0.1) is 6.61 Å². The minimum atomic E-state index is -0.478. The SMILES string of the molecule is CC(C)(C)OC(=O)COCc1ccon1. The van der Waals surface area contributed by atoms with Crippen LogP contribution in [0.3, 0.4) is 0 Å². The summed E-state index contributed by atoms with van der Waals surface area (Å²) < 4.78 is 14.7. The molecule has 0 aliphatic carbocycles. The molecule has 5 heteroatoms. The van der Waals surface area contributed by atoms with E-state index in [0.717, 1.165) is 0 Å². The molecule has 0 N–H and O–H groups in total. The first kappa shape index (κ1) is 11.7. The Morgan fingerprint density at radius 1 is 1.53 bits per heavy atom. The van der Waals surface area contributed by atoms with Crippen molar-refractivity contribution < 1.29 is 18.8 Å². The van der Waals surface area contributed by atoms with Crippen LogP contribution in [0.1, 0.15) is 26.5 Å². The third-order valence-corrected chi connectivity index (χ3v) is 1.38. The van der Waals surface area contributed by atoms with Crippen molar-refractivity contribution in [1.29, 1.82) is 0 Å². The Balaban J connectivity index is 2.18. The molecular weight excluding hydrogens is 198 g/mol. The lowest BCUT2D eigenvalue weighted by molar-refractivity contribution is -0.160. The first-order valence-electron chi connectivity index (χ1n) is 4.66. The quantitative estimate of drug-likeness (QED) is 0.710. The first-order valence-corrected chi connectivity index (χ1v) is 4.66. The lowest BCUT2D eigenvalue weighted by Gasteiger charge is -2.19. The summed E-state index contributed by atoms with van der Waals surface area (Å²) in [6, 6.07) is 1.68. The maximum Gasteiger partial charge on any atom is 0.332 e. The van der Waals surface area contributed by atoms with Crippen molar-refractivity contribution in [3.63, 3.8) is 0 Å². The summed E-state index contributed by atoms with van der Waals surface area (Å²) in [5.74, 6) is -0.383. The van der Waals surface area contributed by atoms with Gasteiger partial charge in [0.15, 0.2) is 0 Å². The predicted octanol–water partition coefficient (Wildman–Crippen LogP) is 1.53. The number of carbonyl (C=O) groups excluding carboxylic acids is 1. The van der Waals surface area contributed by atoms with Crippen LogP contribution in [0.4, 0.5) is 0 Å². The van der Waals surface area contributed by atoms with Crippen molar-refractivity contribution in [3.05, 3.63) is 18.0 Å². The highest BCUT2D eigenvalue weighted by Gasteiger charge is 2.16. The van der Waals surface area contributed by atoms with Gasteiger partial charge in [-0.2, -0.15) is 0 Å². The van der Waals surface area contributed by atoms with Crippen LogP contribution in [0.15, 0.2) is 16.9 Å². The Kier molecular flexibility index (Phi) is 3.85. The van der Waals surface area contributed by atoms with Gasteiger partial charge >= 0.3 is 5.97 Å². The second-order valence-electron chi connectivity index (χ2n) is 4.07. The average Bonchev–Trinajstić information content (AvgIpc) is 2.53. The van der Waals surface area contributed by atoms with Crippen molar-refractivity contribution in [2.75, 3.05) is 6.61 Å². The number of hydrogen-bond donors (Lipinski definition) is 0. The van der Waals surface area contributed by atoms with Crippen molar-refractivity contribution >= 4 is 5.97 Å². The maximum absolute atomic E-state index is 11.2. The monoisotopic (exact) mass is 213 g/mol. The van der Waals surface area contributed by atoms with Gasteiger partial charge in [-0.05, 0) is 20.8 Å². The van der Waals surface area contributed by atoms with E-state index in [2.05, 4.69) is 9.68 Å². The molecule has 0 bridgehead atoms. The number of aromatic nitrogens is 1. The van der Waals surface area contributed by atoms with E-state index in [9.17, 15) is 4.79 Å². The van der Waals surface area contributed by atoms with E-state index in [1.165, 1.54) is 6.26 Å². The van der Waals surface area contributed by atoms with E-state index in [-0.39, 0.29) is 19.2 Å². The molecule has 0 radical (unpaired) electrons. The highest BCUT2D eigenvalue weighted by atomic mass is 16.6. The zero-order valence-electron chi connectivity index (χ0n) is 9.15. The van der Waals surface area contributed by atoms with Gasteiger partial charge in [0.1, 0.15) is 24.2 Å². The Morgan fingerprint density at radius 3 is 2.80 bits per heavy atom. The molecule has 84 valence electrons. The summed E-state index contributed by atoms with van der Waals surface area (Å²) in [7, 11) is 0. The summed E-state index contributed by atoms with van der Waals surface area (Å²) in [6.07, 6.45) is 1.45. The number of ether oxygens (including phenoxy) is 2. The molecule has 0 aromatic carbocycles. The van der Waals surface area contributed by atoms with Crippen LogP contribution in [0.25, 0.3) is 0 Å². The molecule has 1 aromatic rings. The highest BCUT2D eigenvalue weighted by Crippen LogP contribution is 2.07. The van der Waals surface area contributed by atoms with Crippen LogP contribution < -0.4 is 0 Å². The molecule has 5 nitrogen and oxygen atoms in total. The predicted molar refractivity (Wildman–Crippen MR) is 52.0 cm³/mol. The van der Waals surface area contributed by atoms with E-state index >= 15 is 0 Å². The third kappa shape index (κ3) is 5.17. The van der Waals surface area contributed by atoms with Crippen LogP contribution in [0, 0.1) is 0 Å². The first-order chi connectivity index (χ1) is 6.97. The molecule has 0 unspecified atom stereocenters. The van der Waals surface area contributed by atoms with Gasteiger partial charge in [-0.25, -0.2) is 4.79 Å². The van der Waals surface area contributed by atoms with E-state index < -0.39 is 5.60 Å². The van der Waals surface area contributed by atoms with E-state index in [1.54, 1.807) is 6.07 Å². The Labute approximate surface area is 88.3 Å². The summed E-state index contributed by atoms with van der Waals surface area (Å²) in [5, 5.41) is 3.64. The average molecular weight is 213 g/mol. The summed E-state index contributed by atoms with van der Waals surface area (Å²) in [4.78, 5) is 11.2. The molecule has 0 saturated heterocycles. The molecule has 0 fully saturated rings. The number of esters is 1. The minimum Gasteiger partial charge on any atom is -0.458 e. The van der Waals surface area contributed by atoms with Crippen LogP contribution in [-0.2, 0) is 20.9 Å². The van der Waals surface area contributed by atoms with Gasteiger partial charge in [-0.15, -0.1) is 0 Å². The van der Waals surface area contributed by atoms with Gasteiger partial charge in [0, 0.05) is 6.07 Å². The topological polar surface area (TPSA) is 61.6 Å². The molecule has 1 rings (SSSR count). The van der Waals surface area contributed by atoms with Crippen LogP contribution in [-0.4, -0.2) is 23.3 Å². The van der Waals surface area contributed by atoms with Crippen LogP contribution >= 0.6 is 0 Å². The second kappa shape index (κ2) is 4.93. The van der Waals surface area contributed by atoms with Gasteiger partial charge in [0.2, 0.25) is 0 Å². The van der Waals surface area contributed by atoms with Gasteiger partial charge < -0.3 is 14.0 Å². The molecular formula is C10H15NO4. The fourth-order valence-electron chi connectivity index (χ4n) is 0.922. The Hall–Kier alpha value is -1.36. The lowest BCUT2D eigenvalue weighted by Crippen LogP contribution is -2.26. The molecule has 1 aromatic heterocycles. The Morgan fingerprint density at radius 2 is 2.27 bits per heavy atom. The van der Waals surface area contributed by atoms with Crippen molar-refractivity contribution in [3.8, 4) is 0 Å². The fraction of sp³-hybridized carbons (Fsp3) is 0.600. The largest absolute Gasteiger partial charge is 0.458 e. The summed E-state index contributed by atoms with van der Waals surface area (Å²) in [5.41, 5.74) is 0.174. The molecule has 0 amide bonds. The van der Waals surface area contributed by atoms with Crippen molar-refractivity contribution in [2.24, 2.45) is 0 Å². The summed E-state index contributed by atoms with van der Waals surface area (Å²) >= 11 is 0. The fourth-order valence-corrected chi connectivity index (χ4v) is 0.922. The van der Waals surface area contributed by atoms with Crippen LogP contribution in [0.2, 0.25) is 0 Å². The standard InChI is InChI=1S/C10H15NO4/c1-10(2,3)15-9(12)7-13-6-8-4-5-14-11-8/h4-5H,6-7H2,1-3H3. The highest BCUT2D eigenvalue weighted by molar-refractivity contribution is 5.71. The lowest BCUT2D eigenvalue weighted by atomic mass is 10.2. The van der Waals surface area contributed by atoms with E-state index in [1.807, 2.05) is 20.8 Å². The molecule has 0 spiro atoms. The zero-order chi connectivity index (χ0) is 11.3. The number of rotatable bonds is 4. The number of nitrogens with zero attached hydrogens (tertiary/aromatic N) is 1. The molecule has 0 aliphatic heterocycles. The molecule has 1 heterocycles. The smallest absolute Gasteiger partial charge is 0.332 e. The number of hydrogen-bond acceptors (Lipinski definition) is 5. The van der Waals surface area contributed by atoms with E-state index in [0.29, 0.717) is 5.69 Å². The maximum atomic E-state index is 11.2. The molecule has 0 aliphatic rings. The zero-order valence-corrected chi connectivity index (χ0v) is 9.15. The van der Waals surface area contributed by atoms with Crippen molar-refractivity contribution in [1.82, 2.24) is 5.16 Å². The summed E-state index contributed by atoms with van der Waals surface area (Å²) in [6.45, 7) is 5.59. The minimum absolute atomic E-state index is 0.0792. The number of carbonyl (C=O) groups is 1. The van der Waals surface area contributed by atoms with Gasteiger partial charge in [0.25, 0.3) is 0 Å². The molecule has 0 saturated carbocycles. The van der Waals surface area contributed by atoms with Crippen LogP contribution in [0.5, 0.6) is 0 Å². The normalized spacial score (nSPS) is 11.4. The van der Waals surface area contributed by atoms with Crippen molar-refractivity contribution in [2.45, 2.75) is 33.0 Å². The molecule has 15 heavy (non-hydrogen) atoms. The van der Waals surface area contributed by atoms with Gasteiger partial charge in [-0.1, -0.05) is 5.16 Å². The molecule has 0 atom stereocenters. The van der Waals surface area contributed by atoms with E-state index in [4.69, 9.17) is 9.47 Å².